The van der Waals surface area contributed by atoms with Crippen LogP contribution in [0.5, 0.6) is 5.75 Å². The van der Waals surface area contributed by atoms with Crippen LogP contribution in [-0.2, 0) is 9.59 Å². The van der Waals surface area contributed by atoms with Gasteiger partial charge in [-0.25, -0.2) is 0 Å². The lowest BCUT2D eigenvalue weighted by Crippen LogP contribution is -2.21. The van der Waals surface area contributed by atoms with Gasteiger partial charge in [-0.2, -0.15) is 0 Å². The van der Waals surface area contributed by atoms with Gasteiger partial charge in [0, 0.05) is 22.9 Å². The molecule has 126 valence electrons. The molecule has 2 aliphatic rings. The Bertz CT molecular complexity index is 851. The number of ether oxygens (including phenoxy) is 1. The average Bonchev–Trinajstić information content (AvgIpc) is 3.48. The van der Waals surface area contributed by atoms with E-state index in [9.17, 15) is 9.59 Å². The molecule has 1 aliphatic heterocycles. The van der Waals surface area contributed by atoms with E-state index < -0.39 is 0 Å². The molecule has 0 spiro atoms. The highest BCUT2D eigenvalue weighted by Gasteiger charge is 2.29. The van der Waals surface area contributed by atoms with Crippen molar-refractivity contribution >= 4 is 29.3 Å². The molecule has 0 saturated heterocycles. The molecule has 1 saturated carbocycles. The summed E-state index contributed by atoms with van der Waals surface area (Å²) >= 11 is 0. The first kappa shape index (κ1) is 15.4. The third-order valence-corrected chi connectivity index (χ3v) is 4.28. The number of anilines is 2. The quantitative estimate of drug-likeness (QED) is 0.900. The van der Waals surface area contributed by atoms with E-state index in [0.29, 0.717) is 11.3 Å². The number of benzene rings is 2. The van der Waals surface area contributed by atoms with Crippen LogP contribution in [0.1, 0.15) is 18.4 Å². The minimum Gasteiger partial charge on any atom is -0.488 e. The van der Waals surface area contributed by atoms with Crippen molar-refractivity contribution in [2.75, 3.05) is 17.2 Å². The Kier molecular flexibility index (Phi) is 3.98. The maximum absolute atomic E-state index is 12.4. The fourth-order valence-electron chi connectivity index (χ4n) is 2.69. The Morgan fingerprint density at radius 2 is 1.60 bits per heavy atom. The molecule has 2 aromatic carbocycles. The molecule has 5 heteroatoms. The maximum Gasteiger partial charge on any atom is 0.255 e. The molecule has 1 fully saturated rings. The molecule has 1 aliphatic carbocycles. The predicted octanol–water partition coefficient (Wildman–Crippen LogP) is 3.45. The molecule has 1 heterocycles. The van der Waals surface area contributed by atoms with Gasteiger partial charge in [-0.1, -0.05) is 18.2 Å². The maximum atomic E-state index is 12.4. The first-order valence-corrected chi connectivity index (χ1v) is 8.34. The highest BCUT2D eigenvalue weighted by atomic mass is 16.5. The van der Waals surface area contributed by atoms with Crippen LogP contribution in [0.2, 0.25) is 0 Å². The lowest BCUT2D eigenvalue weighted by Gasteiger charge is -2.17. The zero-order valence-electron chi connectivity index (χ0n) is 13.6. The van der Waals surface area contributed by atoms with Crippen LogP contribution in [0, 0.1) is 5.92 Å². The van der Waals surface area contributed by atoms with E-state index >= 15 is 0 Å². The van der Waals surface area contributed by atoms with Crippen molar-refractivity contribution in [3.05, 3.63) is 59.7 Å². The second kappa shape index (κ2) is 6.43. The van der Waals surface area contributed by atoms with Crippen molar-refractivity contribution < 1.29 is 14.3 Å². The van der Waals surface area contributed by atoms with E-state index in [-0.39, 0.29) is 24.3 Å². The molecule has 2 amide bonds. The number of carbonyl (C=O) groups is 2. The Morgan fingerprint density at radius 1 is 0.920 bits per heavy atom. The molecule has 5 nitrogen and oxygen atoms in total. The largest absolute Gasteiger partial charge is 0.488 e. The van der Waals surface area contributed by atoms with E-state index in [1.165, 1.54) is 0 Å². The molecule has 0 radical (unpaired) electrons. The number of amides is 2. The molecular weight excluding hydrogens is 316 g/mol. The number of fused-ring (bicyclic) bond motifs is 1. The van der Waals surface area contributed by atoms with Gasteiger partial charge in [-0.05, 0) is 49.2 Å². The monoisotopic (exact) mass is 334 g/mol. The number of para-hydroxylation sites is 1. The minimum atomic E-state index is -0.190. The van der Waals surface area contributed by atoms with Gasteiger partial charge in [-0.3, -0.25) is 9.59 Å². The van der Waals surface area contributed by atoms with Gasteiger partial charge in [-0.15, -0.1) is 0 Å². The summed E-state index contributed by atoms with van der Waals surface area (Å²) in [4.78, 5) is 24.2. The number of hydrogen-bond donors (Lipinski definition) is 2. The van der Waals surface area contributed by atoms with Gasteiger partial charge in [0.2, 0.25) is 5.91 Å². The second-order valence-corrected chi connectivity index (χ2v) is 6.29. The fraction of sp³-hybridized carbons (Fsp3) is 0.200. The molecule has 0 atom stereocenters. The summed E-state index contributed by atoms with van der Waals surface area (Å²) in [5.41, 5.74) is 2.89. The zero-order chi connectivity index (χ0) is 17.2. The van der Waals surface area contributed by atoms with E-state index in [1.807, 2.05) is 30.3 Å². The van der Waals surface area contributed by atoms with Crippen molar-refractivity contribution in [3.8, 4) is 5.75 Å². The Hall–Kier alpha value is -3.08. The van der Waals surface area contributed by atoms with Gasteiger partial charge in [0.05, 0.1) is 5.57 Å². The first-order valence-electron chi connectivity index (χ1n) is 8.34. The van der Waals surface area contributed by atoms with Gasteiger partial charge in [0.1, 0.15) is 12.4 Å². The second-order valence-electron chi connectivity index (χ2n) is 6.29. The summed E-state index contributed by atoms with van der Waals surface area (Å²) in [5.74, 6) is 0.833. The van der Waals surface area contributed by atoms with Crippen LogP contribution in [0.25, 0.3) is 6.08 Å². The fourth-order valence-corrected chi connectivity index (χ4v) is 2.69. The summed E-state index contributed by atoms with van der Waals surface area (Å²) in [7, 11) is 0. The third kappa shape index (κ3) is 3.55. The van der Waals surface area contributed by atoms with Crippen LogP contribution < -0.4 is 15.4 Å². The molecule has 4 rings (SSSR count). The van der Waals surface area contributed by atoms with E-state index in [1.54, 1.807) is 24.3 Å². The van der Waals surface area contributed by atoms with E-state index in [2.05, 4.69) is 10.6 Å². The molecule has 0 unspecified atom stereocenters. The molecule has 2 N–H and O–H groups in total. The SMILES string of the molecule is O=C(Nc1ccc(NC(=O)C2CC2)cc1)C1=Cc2ccccc2OC1. The third-order valence-electron chi connectivity index (χ3n) is 4.28. The van der Waals surface area contributed by atoms with Crippen molar-refractivity contribution in [2.24, 2.45) is 5.92 Å². The highest BCUT2D eigenvalue weighted by molar-refractivity contribution is 6.07. The lowest BCUT2D eigenvalue weighted by molar-refractivity contribution is -0.117. The van der Waals surface area contributed by atoms with Crippen molar-refractivity contribution in [1.82, 2.24) is 0 Å². The van der Waals surface area contributed by atoms with Crippen LogP contribution >= 0.6 is 0 Å². The molecule has 25 heavy (non-hydrogen) atoms. The zero-order valence-corrected chi connectivity index (χ0v) is 13.6. The van der Waals surface area contributed by atoms with Crippen molar-refractivity contribution in [2.45, 2.75) is 12.8 Å². The molecular formula is C20H18N2O3. The summed E-state index contributed by atoms with van der Waals surface area (Å²) in [6.07, 6.45) is 3.79. The Balaban J connectivity index is 1.41. The number of carbonyl (C=O) groups excluding carboxylic acids is 2. The van der Waals surface area contributed by atoms with E-state index in [0.717, 1.165) is 29.8 Å². The standard InChI is InChI=1S/C20H18N2O3/c23-19(13-5-6-13)21-16-7-9-17(10-8-16)22-20(24)15-11-14-3-1-2-4-18(14)25-12-15/h1-4,7-11,13H,5-6,12H2,(H,21,23)(H,22,24). The van der Waals surface area contributed by atoms with Gasteiger partial charge in [0.25, 0.3) is 5.91 Å². The number of nitrogens with one attached hydrogen (secondary N) is 2. The Labute approximate surface area is 145 Å². The summed E-state index contributed by atoms with van der Waals surface area (Å²) in [6, 6.07) is 14.7. The summed E-state index contributed by atoms with van der Waals surface area (Å²) in [5, 5.41) is 5.73. The van der Waals surface area contributed by atoms with Gasteiger partial charge >= 0.3 is 0 Å². The minimum absolute atomic E-state index is 0.0694. The molecule has 2 aromatic rings. The van der Waals surface area contributed by atoms with Crippen molar-refractivity contribution in [1.29, 1.82) is 0 Å². The van der Waals surface area contributed by atoms with Crippen molar-refractivity contribution in [3.63, 3.8) is 0 Å². The lowest BCUT2D eigenvalue weighted by atomic mass is 10.1. The van der Waals surface area contributed by atoms with Gasteiger partial charge < -0.3 is 15.4 Å². The smallest absolute Gasteiger partial charge is 0.255 e. The molecule has 0 aromatic heterocycles. The van der Waals surface area contributed by atoms with Crippen LogP contribution in [-0.4, -0.2) is 18.4 Å². The number of hydrogen-bond acceptors (Lipinski definition) is 3. The van der Waals surface area contributed by atoms with Crippen LogP contribution in [0.3, 0.4) is 0 Å². The highest BCUT2D eigenvalue weighted by Crippen LogP contribution is 2.30. The average molecular weight is 334 g/mol. The number of rotatable bonds is 4. The molecule has 0 bridgehead atoms. The van der Waals surface area contributed by atoms with Crippen LogP contribution in [0.4, 0.5) is 11.4 Å². The van der Waals surface area contributed by atoms with E-state index in [4.69, 9.17) is 4.74 Å². The predicted molar refractivity (Wildman–Crippen MR) is 96.3 cm³/mol. The normalized spacial score (nSPS) is 15.4. The topological polar surface area (TPSA) is 67.4 Å². The van der Waals surface area contributed by atoms with Crippen LogP contribution in [0.15, 0.2) is 54.1 Å². The van der Waals surface area contributed by atoms with Gasteiger partial charge in [0.15, 0.2) is 0 Å². The first-order chi connectivity index (χ1) is 12.2. The Morgan fingerprint density at radius 3 is 2.32 bits per heavy atom. The summed E-state index contributed by atoms with van der Waals surface area (Å²) < 4.78 is 5.61. The summed E-state index contributed by atoms with van der Waals surface area (Å²) in [6.45, 7) is 0.248.